The third-order valence-electron chi connectivity index (χ3n) is 3.61. The Morgan fingerprint density at radius 3 is 2.64 bits per heavy atom. The first-order valence-electron chi connectivity index (χ1n) is 7.01. The van der Waals surface area contributed by atoms with E-state index in [1.165, 1.54) is 12.1 Å². The van der Waals surface area contributed by atoms with Gasteiger partial charge in [-0.3, -0.25) is 4.72 Å². The number of hydrogen-bond donors (Lipinski definition) is 1. The Balaban J connectivity index is 1.94. The lowest BCUT2D eigenvalue weighted by atomic mass is 10.1. The molecule has 0 aromatic heterocycles. The van der Waals surface area contributed by atoms with Crippen molar-refractivity contribution in [3.8, 4) is 11.5 Å². The molecule has 0 amide bonds. The SMILES string of the molecule is CCc1ccc(C)c(NS(=O)(=O)c2ccc3c(c2)OCO3)c1. The summed E-state index contributed by atoms with van der Waals surface area (Å²) in [6.07, 6.45) is 0.846. The number of hydrogen-bond acceptors (Lipinski definition) is 4. The van der Waals surface area contributed by atoms with E-state index in [2.05, 4.69) is 4.72 Å². The second-order valence-corrected chi connectivity index (χ2v) is 6.81. The fraction of sp³-hybridized carbons (Fsp3) is 0.250. The molecule has 5 nitrogen and oxygen atoms in total. The summed E-state index contributed by atoms with van der Waals surface area (Å²) < 4.78 is 38.2. The van der Waals surface area contributed by atoms with E-state index in [0.29, 0.717) is 17.2 Å². The van der Waals surface area contributed by atoms with E-state index in [4.69, 9.17) is 9.47 Å². The van der Waals surface area contributed by atoms with Gasteiger partial charge in [0.05, 0.1) is 10.6 Å². The van der Waals surface area contributed by atoms with Crippen molar-refractivity contribution in [3.05, 3.63) is 47.5 Å². The van der Waals surface area contributed by atoms with Gasteiger partial charge in [0.25, 0.3) is 10.0 Å². The van der Waals surface area contributed by atoms with Crippen molar-refractivity contribution in [2.75, 3.05) is 11.5 Å². The summed E-state index contributed by atoms with van der Waals surface area (Å²) >= 11 is 0. The van der Waals surface area contributed by atoms with Gasteiger partial charge in [-0.05, 0) is 42.7 Å². The van der Waals surface area contributed by atoms with Gasteiger partial charge in [0.1, 0.15) is 0 Å². The number of sulfonamides is 1. The van der Waals surface area contributed by atoms with Crippen LogP contribution in [0.1, 0.15) is 18.1 Å². The first-order valence-corrected chi connectivity index (χ1v) is 8.50. The van der Waals surface area contributed by atoms with Crippen LogP contribution in [0.5, 0.6) is 11.5 Å². The van der Waals surface area contributed by atoms with Crippen LogP contribution in [0.4, 0.5) is 5.69 Å². The van der Waals surface area contributed by atoms with Crippen molar-refractivity contribution in [2.24, 2.45) is 0 Å². The van der Waals surface area contributed by atoms with E-state index < -0.39 is 10.0 Å². The largest absolute Gasteiger partial charge is 0.454 e. The molecule has 2 aromatic carbocycles. The van der Waals surface area contributed by atoms with Crippen LogP contribution in [0, 0.1) is 6.92 Å². The Hall–Kier alpha value is -2.21. The molecule has 1 aliphatic heterocycles. The minimum atomic E-state index is -3.67. The van der Waals surface area contributed by atoms with Crippen LogP contribution >= 0.6 is 0 Å². The van der Waals surface area contributed by atoms with Crippen molar-refractivity contribution < 1.29 is 17.9 Å². The molecule has 1 aliphatic rings. The molecular formula is C16H17NO4S. The van der Waals surface area contributed by atoms with Crippen LogP contribution < -0.4 is 14.2 Å². The molecule has 0 radical (unpaired) electrons. The molecule has 0 aliphatic carbocycles. The summed E-state index contributed by atoms with van der Waals surface area (Å²) in [5.74, 6) is 1.00. The Morgan fingerprint density at radius 1 is 1.09 bits per heavy atom. The van der Waals surface area contributed by atoms with Gasteiger partial charge in [-0.25, -0.2) is 8.42 Å². The third-order valence-corrected chi connectivity index (χ3v) is 4.97. The Bertz CT molecular complexity index is 815. The molecule has 6 heteroatoms. The second kappa shape index (κ2) is 5.53. The minimum Gasteiger partial charge on any atom is -0.454 e. The molecule has 3 rings (SSSR count). The molecular weight excluding hydrogens is 302 g/mol. The average molecular weight is 319 g/mol. The van der Waals surface area contributed by atoms with Crippen molar-refractivity contribution in [1.82, 2.24) is 0 Å². The Morgan fingerprint density at radius 2 is 1.86 bits per heavy atom. The highest BCUT2D eigenvalue weighted by molar-refractivity contribution is 7.92. The number of benzene rings is 2. The topological polar surface area (TPSA) is 64.6 Å². The number of fused-ring (bicyclic) bond motifs is 1. The predicted molar refractivity (Wildman–Crippen MR) is 83.9 cm³/mol. The quantitative estimate of drug-likeness (QED) is 0.940. The van der Waals surface area contributed by atoms with E-state index in [0.717, 1.165) is 17.5 Å². The minimum absolute atomic E-state index is 0.115. The van der Waals surface area contributed by atoms with E-state index >= 15 is 0 Å². The van der Waals surface area contributed by atoms with Gasteiger partial charge in [0.15, 0.2) is 11.5 Å². The second-order valence-electron chi connectivity index (χ2n) is 5.12. The summed E-state index contributed by atoms with van der Waals surface area (Å²) in [5.41, 5.74) is 2.55. The monoisotopic (exact) mass is 319 g/mol. The highest BCUT2D eigenvalue weighted by Gasteiger charge is 2.20. The van der Waals surface area contributed by atoms with Crippen LogP contribution in [0.15, 0.2) is 41.3 Å². The summed E-state index contributed by atoms with van der Waals surface area (Å²) in [7, 11) is -3.67. The lowest BCUT2D eigenvalue weighted by Gasteiger charge is -2.12. The van der Waals surface area contributed by atoms with Crippen molar-refractivity contribution in [2.45, 2.75) is 25.2 Å². The molecule has 2 aromatic rings. The maximum absolute atomic E-state index is 12.5. The molecule has 22 heavy (non-hydrogen) atoms. The van der Waals surface area contributed by atoms with Crippen molar-refractivity contribution in [1.29, 1.82) is 0 Å². The Labute approximate surface area is 129 Å². The highest BCUT2D eigenvalue weighted by atomic mass is 32.2. The lowest BCUT2D eigenvalue weighted by molar-refractivity contribution is 0.174. The zero-order valence-electron chi connectivity index (χ0n) is 12.4. The third kappa shape index (κ3) is 2.74. The first kappa shape index (κ1) is 14.7. The zero-order chi connectivity index (χ0) is 15.7. The summed E-state index contributed by atoms with van der Waals surface area (Å²) in [4.78, 5) is 0.151. The smallest absolute Gasteiger partial charge is 0.262 e. The average Bonchev–Trinajstić information content (AvgIpc) is 2.96. The molecule has 1 N–H and O–H groups in total. The van der Waals surface area contributed by atoms with E-state index in [1.807, 2.05) is 32.0 Å². The standard InChI is InChI=1S/C16H17NO4S/c1-3-12-5-4-11(2)14(8-12)17-22(18,19)13-6-7-15-16(9-13)21-10-20-15/h4-9,17H,3,10H2,1-2H3. The van der Waals surface area contributed by atoms with Gasteiger partial charge in [-0.1, -0.05) is 19.1 Å². The van der Waals surface area contributed by atoms with Gasteiger partial charge >= 0.3 is 0 Å². The van der Waals surface area contributed by atoms with Gasteiger partial charge in [-0.15, -0.1) is 0 Å². The van der Waals surface area contributed by atoms with Gasteiger partial charge in [0, 0.05) is 6.07 Å². The number of anilines is 1. The normalized spacial score (nSPS) is 13.2. The summed E-state index contributed by atoms with van der Waals surface area (Å²) in [6, 6.07) is 10.4. The molecule has 0 atom stereocenters. The Kier molecular flexibility index (Phi) is 3.70. The van der Waals surface area contributed by atoms with Crippen molar-refractivity contribution in [3.63, 3.8) is 0 Å². The lowest BCUT2D eigenvalue weighted by Crippen LogP contribution is -2.14. The molecule has 0 spiro atoms. The molecule has 116 valence electrons. The molecule has 1 heterocycles. The van der Waals surface area contributed by atoms with E-state index in [-0.39, 0.29) is 11.7 Å². The first-order chi connectivity index (χ1) is 10.5. The zero-order valence-corrected chi connectivity index (χ0v) is 13.2. The molecule has 0 fully saturated rings. The number of nitrogens with one attached hydrogen (secondary N) is 1. The number of aryl methyl sites for hydroxylation is 2. The van der Waals surface area contributed by atoms with Crippen LogP contribution in [-0.4, -0.2) is 15.2 Å². The fourth-order valence-corrected chi connectivity index (χ4v) is 3.38. The summed E-state index contributed by atoms with van der Waals surface area (Å²) in [5, 5.41) is 0. The van der Waals surface area contributed by atoms with Gasteiger partial charge < -0.3 is 9.47 Å². The molecule has 0 saturated heterocycles. The number of ether oxygens (including phenoxy) is 2. The van der Waals surface area contributed by atoms with Crippen LogP contribution in [0.2, 0.25) is 0 Å². The molecule has 0 bridgehead atoms. The van der Waals surface area contributed by atoms with Gasteiger partial charge in [-0.2, -0.15) is 0 Å². The summed E-state index contributed by atoms with van der Waals surface area (Å²) in [6.45, 7) is 4.02. The van der Waals surface area contributed by atoms with E-state index in [9.17, 15) is 8.42 Å². The van der Waals surface area contributed by atoms with Crippen LogP contribution in [0.25, 0.3) is 0 Å². The maximum Gasteiger partial charge on any atom is 0.262 e. The number of rotatable bonds is 4. The highest BCUT2D eigenvalue weighted by Crippen LogP contribution is 2.34. The van der Waals surface area contributed by atoms with Crippen LogP contribution in [-0.2, 0) is 16.4 Å². The maximum atomic E-state index is 12.5. The fourth-order valence-electron chi connectivity index (χ4n) is 2.25. The molecule has 0 unspecified atom stereocenters. The van der Waals surface area contributed by atoms with Crippen molar-refractivity contribution >= 4 is 15.7 Å². The van der Waals surface area contributed by atoms with Crippen LogP contribution in [0.3, 0.4) is 0 Å². The van der Waals surface area contributed by atoms with Gasteiger partial charge in [0.2, 0.25) is 6.79 Å². The predicted octanol–water partition coefficient (Wildman–Crippen LogP) is 3.09. The molecule has 0 saturated carbocycles. The van der Waals surface area contributed by atoms with E-state index in [1.54, 1.807) is 6.07 Å².